The third-order valence-electron chi connectivity index (χ3n) is 3.20. The van der Waals surface area contributed by atoms with E-state index in [1.54, 1.807) is 6.92 Å². The fourth-order valence-electron chi connectivity index (χ4n) is 2.26. The second-order valence-corrected chi connectivity index (χ2v) is 7.03. The van der Waals surface area contributed by atoms with E-state index in [1.165, 1.54) is 7.05 Å². The Morgan fingerprint density at radius 2 is 2.16 bits per heavy atom. The van der Waals surface area contributed by atoms with Crippen molar-refractivity contribution in [3.63, 3.8) is 0 Å². The number of carboxylic acids is 1. The van der Waals surface area contributed by atoms with Gasteiger partial charge in [-0.2, -0.15) is 4.31 Å². The van der Waals surface area contributed by atoms with Crippen LogP contribution >= 0.6 is 15.9 Å². The SMILES string of the molecule is CC1CCN(S(=O)(=O)c2c(Br)nnn2C)C1C(=O)O. The standard InChI is InChI=1S/C9H13BrN4O4S/c1-5-3-4-14(6(5)9(15)16)19(17,18)8-7(10)11-12-13(8)2/h5-6H,3-4H2,1-2H3,(H,15,16). The third-order valence-corrected chi connectivity index (χ3v) is 5.97. The molecule has 2 atom stereocenters. The van der Waals surface area contributed by atoms with Gasteiger partial charge in [0, 0.05) is 13.6 Å². The van der Waals surface area contributed by atoms with E-state index >= 15 is 0 Å². The van der Waals surface area contributed by atoms with Gasteiger partial charge in [-0.15, -0.1) is 5.10 Å². The second-order valence-electron chi connectivity index (χ2n) is 4.47. The van der Waals surface area contributed by atoms with Gasteiger partial charge in [0.25, 0.3) is 10.0 Å². The number of rotatable bonds is 3. The Kier molecular flexibility index (Phi) is 3.67. The Labute approximate surface area is 118 Å². The molecule has 19 heavy (non-hydrogen) atoms. The Bertz CT molecular complexity index is 594. The van der Waals surface area contributed by atoms with Gasteiger partial charge >= 0.3 is 5.97 Å². The molecule has 106 valence electrons. The first kappa shape index (κ1) is 14.4. The van der Waals surface area contributed by atoms with Crippen molar-refractivity contribution in [2.75, 3.05) is 6.54 Å². The van der Waals surface area contributed by atoms with Crippen LogP contribution in [0.2, 0.25) is 0 Å². The van der Waals surface area contributed by atoms with Crippen LogP contribution in [0, 0.1) is 5.92 Å². The van der Waals surface area contributed by atoms with Crippen LogP contribution in [0.3, 0.4) is 0 Å². The number of aryl methyl sites for hydroxylation is 1. The molecule has 2 unspecified atom stereocenters. The van der Waals surface area contributed by atoms with E-state index in [-0.39, 0.29) is 22.1 Å². The molecule has 0 radical (unpaired) electrons. The molecular weight excluding hydrogens is 340 g/mol. The lowest BCUT2D eigenvalue weighted by molar-refractivity contribution is -0.141. The van der Waals surface area contributed by atoms with Crippen LogP contribution in [-0.4, -0.2) is 51.4 Å². The molecule has 10 heteroatoms. The summed E-state index contributed by atoms with van der Waals surface area (Å²) in [5.41, 5.74) is 0. The first-order chi connectivity index (χ1) is 8.76. The largest absolute Gasteiger partial charge is 0.480 e. The molecule has 0 amide bonds. The van der Waals surface area contributed by atoms with E-state index in [1.807, 2.05) is 0 Å². The van der Waals surface area contributed by atoms with Gasteiger partial charge in [0.15, 0.2) is 4.60 Å². The summed E-state index contributed by atoms with van der Waals surface area (Å²) in [5, 5.41) is 16.3. The molecule has 0 bridgehead atoms. The molecule has 1 aromatic rings. The number of halogens is 1. The average molecular weight is 353 g/mol. The summed E-state index contributed by atoms with van der Waals surface area (Å²) in [6.07, 6.45) is 0.513. The van der Waals surface area contributed by atoms with Crippen molar-refractivity contribution in [3.8, 4) is 0 Å². The number of carboxylic acid groups (broad SMARTS) is 1. The van der Waals surface area contributed by atoms with E-state index in [9.17, 15) is 18.3 Å². The van der Waals surface area contributed by atoms with Crippen LogP contribution in [0.5, 0.6) is 0 Å². The number of hydrogen-bond donors (Lipinski definition) is 1. The molecule has 0 spiro atoms. The lowest BCUT2D eigenvalue weighted by atomic mass is 10.0. The van der Waals surface area contributed by atoms with Crippen LogP contribution < -0.4 is 0 Å². The second kappa shape index (κ2) is 4.84. The minimum atomic E-state index is -3.94. The Morgan fingerprint density at radius 1 is 1.53 bits per heavy atom. The van der Waals surface area contributed by atoms with Crippen molar-refractivity contribution in [1.82, 2.24) is 19.3 Å². The van der Waals surface area contributed by atoms with Gasteiger partial charge in [-0.3, -0.25) is 4.79 Å². The summed E-state index contributed by atoms with van der Waals surface area (Å²) >= 11 is 3.02. The fraction of sp³-hybridized carbons (Fsp3) is 0.667. The zero-order valence-corrected chi connectivity index (χ0v) is 12.7. The maximum Gasteiger partial charge on any atom is 0.322 e. The van der Waals surface area contributed by atoms with Gasteiger partial charge in [0.2, 0.25) is 5.03 Å². The number of aromatic nitrogens is 3. The van der Waals surface area contributed by atoms with Gasteiger partial charge < -0.3 is 5.11 Å². The molecule has 0 aromatic carbocycles. The zero-order valence-electron chi connectivity index (χ0n) is 10.3. The van der Waals surface area contributed by atoms with Gasteiger partial charge in [-0.05, 0) is 28.3 Å². The average Bonchev–Trinajstić information content (AvgIpc) is 2.82. The summed E-state index contributed by atoms with van der Waals surface area (Å²) < 4.78 is 27.3. The molecule has 2 heterocycles. The molecule has 0 aliphatic carbocycles. The molecule has 0 saturated carbocycles. The molecule has 8 nitrogen and oxygen atoms in total. The van der Waals surface area contributed by atoms with Crippen LogP contribution in [0.25, 0.3) is 0 Å². The highest BCUT2D eigenvalue weighted by atomic mass is 79.9. The summed E-state index contributed by atoms with van der Waals surface area (Å²) in [6, 6.07) is -1.05. The molecule has 1 saturated heterocycles. The molecular formula is C9H13BrN4O4S. The van der Waals surface area contributed by atoms with Gasteiger partial charge in [-0.25, -0.2) is 13.1 Å². The Balaban J connectivity index is 2.49. The first-order valence-corrected chi connectivity index (χ1v) is 7.80. The Morgan fingerprint density at radius 3 is 2.63 bits per heavy atom. The van der Waals surface area contributed by atoms with E-state index in [0.29, 0.717) is 6.42 Å². The normalized spacial score (nSPS) is 24.8. The first-order valence-electron chi connectivity index (χ1n) is 5.56. The van der Waals surface area contributed by atoms with Crippen LogP contribution in [0.1, 0.15) is 13.3 Å². The van der Waals surface area contributed by atoms with Crippen LogP contribution in [-0.2, 0) is 21.9 Å². The van der Waals surface area contributed by atoms with Gasteiger partial charge in [0.05, 0.1) is 0 Å². The van der Waals surface area contributed by atoms with Gasteiger partial charge in [-0.1, -0.05) is 12.1 Å². The monoisotopic (exact) mass is 352 g/mol. The van der Waals surface area contributed by atoms with E-state index in [4.69, 9.17) is 0 Å². The highest BCUT2D eigenvalue weighted by Gasteiger charge is 2.45. The maximum absolute atomic E-state index is 12.5. The molecule has 1 aromatic heterocycles. The fourth-order valence-corrected chi connectivity index (χ4v) is 4.99. The zero-order chi connectivity index (χ0) is 14.4. The summed E-state index contributed by atoms with van der Waals surface area (Å²) in [6.45, 7) is 1.91. The number of aliphatic carboxylic acids is 1. The minimum absolute atomic E-state index is 0.0821. The number of hydrogen-bond acceptors (Lipinski definition) is 5. The topological polar surface area (TPSA) is 105 Å². The highest BCUT2D eigenvalue weighted by Crippen LogP contribution is 2.32. The predicted octanol–water partition coefficient (Wildman–Crippen LogP) is 0.0613. The van der Waals surface area contributed by atoms with Crippen molar-refractivity contribution in [2.24, 2.45) is 13.0 Å². The molecule has 1 N–H and O–H groups in total. The van der Waals surface area contributed by atoms with Crippen LogP contribution in [0.15, 0.2) is 9.63 Å². The quantitative estimate of drug-likeness (QED) is 0.824. The molecule has 2 rings (SSSR count). The van der Waals surface area contributed by atoms with Gasteiger partial charge in [0.1, 0.15) is 6.04 Å². The smallest absolute Gasteiger partial charge is 0.322 e. The van der Waals surface area contributed by atoms with Crippen molar-refractivity contribution < 1.29 is 18.3 Å². The summed E-state index contributed by atoms with van der Waals surface area (Å²) in [5.74, 6) is -1.37. The minimum Gasteiger partial charge on any atom is -0.480 e. The van der Waals surface area contributed by atoms with Crippen molar-refractivity contribution in [1.29, 1.82) is 0 Å². The third kappa shape index (κ3) is 2.28. The molecule has 1 aliphatic rings. The number of carbonyl (C=O) groups is 1. The lowest BCUT2D eigenvalue weighted by Gasteiger charge is -2.22. The highest BCUT2D eigenvalue weighted by molar-refractivity contribution is 9.10. The summed E-state index contributed by atoms with van der Waals surface area (Å²) in [7, 11) is -2.50. The summed E-state index contributed by atoms with van der Waals surface area (Å²) in [4.78, 5) is 11.3. The molecule has 1 aliphatic heterocycles. The number of sulfonamides is 1. The molecule has 1 fully saturated rings. The van der Waals surface area contributed by atoms with E-state index in [2.05, 4.69) is 26.2 Å². The Hall–Kier alpha value is -1.00. The van der Waals surface area contributed by atoms with Crippen LogP contribution in [0.4, 0.5) is 0 Å². The van der Waals surface area contributed by atoms with E-state index < -0.39 is 22.0 Å². The lowest BCUT2D eigenvalue weighted by Crippen LogP contribution is -2.43. The predicted molar refractivity (Wildman–Crippen MR) is 67.8 cm³/mol. The van der Waals surface area contributed by atoms with Crippen molar-refractivity contribution >= 4 is 31.9 Å². The van der Waals surface area contributed by atoms with Crippen molar-refractivity contribution in [2.45, 2.75) is 24.4 Å². The van der Waals surface area contributed by atoms with E-state index in [0.717, 1.165) is 8.99 Å². The maximum atomic E-state index is 12.5. The van der Waals surface area contributed by atoms with Crippen molar-refractivity contribution in [3.05, 3.63) is 4.60 Å². The number of nitrogens with zero attached hydrogens (tertiary/aromatic N) is 4.